The molecule has 0 saturated carbocycles. The van der Waals surface area contributed by atoms with Crippen molar-refractivity contribution in [3.8, 4) is 5.75 Å². The molecular weight excluding hydrogens is 316 g/mol. The van der Waals surface area contributed by atoms with Gasteiger partial charge in [-0.1, -0.05) is 17.7 Å². The van der Waals surface area contributed by atoms with Crippen molar-refractivity contribution in [1.82, 2.24) is 9.80 Å². The average molecular weight is 341 g/mol. The predicted octanol–water partition coefficient (Wildman–Crippen LogP) is 1.88. The summed E-state index contributed by atoms with van der Waals surface area (Å²) in [6.45, 7) is 2.57. The molecule has 6 heteroatoms. The van der Waals surface area contributed by atoms with Crippen LogP contribution in [0.3, 0.4) is 0 Å². The summed E-state index contributed by atoms with van der Waals surface area (Å²) in [5, 5.41) is 10.7. The molecule has 1 heterocycles. The Hall–Kier alpha value is -1.30. The molecule has 0 radical (unpaired) electrons. The Morgan fingerprint density at radius 2 is 2.30 bits per heavy atom. The van der Waals surface area contributed by atoms with Crippen LogP contribution in [0.4, 0.5) is 0 Å². The van der Waals surface area contributed by atoms with Gasteiger partial charge >= 0.3 is 0 Å². The number of ether oxygens (including phenoxy) is 1. The molecule has 1 amide bonds. The number of aliphatic hydroxyl groups is 1. The summed E-state index contributed by atoms with van der Waals surface area (Å²) >= 11 is 5.90. The highest BCUT2D eigenvalue weighted by Gasteiger charge is 2.33. The van der Waals surface area contributed by atoms with Gasteiger partial charge in [0.05, 0.1) is 18.6 Å². The van der Waals surface area contributed by atoms with Gasteiger partial charge in [0, 0.05) is 31.7 Å². The summed E-state index contributed by atoms with van der Waals surface area (Å²) in [4.78, 5) is 16.2. The molecule has 0 aliphatic carbocycles. The van der Waals surface area contributed by atoms with Crippen LogP contribution in [0.15, 0.2) is 24.3 Å². The second-order valence-corrected chi connectivity index (χ2v) is 6.58. The fraction of sp³-hybridized carbons (Fsp3) is 0.588. The van der Waals surface area contributed by atoms with Crippen molar-refractivity contribution in [3.05, 3.63) is 29.3 Å². The summed E-state index contributed by atoms with van der Waals surface area (Å²) < 4.78 is 5.62. The summed E-state index contributed by atoms with van der Waals surface area (Å²) in [6.07, 6.45) is 0.843. The minimum absolute atomic E-state index is 0.00630. The average Bonchev–Trinajstić information content (AvgIpc) is 2.53. The fourth-order valence-electron chi connectivity index (χ4n) is 2.79. The summed E-state index contributed by atoms with van der Waals surface area (Å²) in [5.74, 6) is 0.412. The number of nitrogens with zero attached hydrogens (tertiary/aromatic N) is 2. The van der Waals surface area contributed by atoms with Crippen LogP contribution in [0.2, 0.25) is 5.02 Å². The molecular formula is C17H25ClN2O3. The van der Waals surface area contributed by atoms with E-state index in [-0.39, 0.29) is 11.8 Å². The maximum atomic E-state index is 12.4. The molecule has 0 unspecified atom stereocenters. The van der Waals surface area contributed by atoms with Gasteiger partial charge in [0.15, 0.2) is 0 Å². The van der Waals surface area contributed by atoms with Crippen LogP contribution in [-0.4, -0.2) is 67.3 Å². The summed E-state index contributed by atoms with van der Waals surface area (Å²) in [6, 6.07) is 7.27. The van der Waals surface area contributed by atoms with Crippen LogP contribution in [0.5, 0.6) is 5.75 Å². The molecule has 1 aliphatic heterocycles. The minimum atomic E-state index is -0.538. The van der Waals surface area contributed by atoms with E-state index in [1.54, 1.807) is 24.1 Å². The first-order chi connectivity index (χ1) is 11.0. The van der Waals surface area contributed by atoms with Crippen molar-refractivity contribution < 1.29 is 14.6 Å². The fourth-order valence-corrected chi connectivity index (χ4v) is 2.97. The number of benzene rings is 1. The van der Waals surface area contributed by atoms with Crippen LogP contribution in [0.25, 0.3) is 0 Å². The second-order valence-electron chi connectivity index (χ2n) is 6.14. The minimum Gasteiger partial charge on any atom is -0.493 e. The van der Waals surface area contributed by atoms with Crippen LogP contribution in [-0.2, 0) is 4.79 Å². The number of aliphatic hydroxyl groups excluding tert-OH is 1. The van der Waals surface area contributed by atoms with Gasteiger partial charge in [-0.2, -0.15) is 0 Å². The maximum absolute atomic E-state index is 12.4. The number of carbonyl (C=O) groups is 1. The lowest BCUT2D eigenvalue weighted by Crippen LogP contribution is -2.49. The number of rotatable bonds is 6. The van der Waals surface area contributed by atoms with Gasteiger partial charge in [0.2, 0.25) is 5.91 Å². The zero-order valence-corrected chi connectivity index (χ0v) is 14.5. The van der Waals surface area contributed by atoms with E-state index in [0.717, 1.165) is 18.7 Å². The molecule has 0 spiro atoms. The van der Waals surface area contributed by atoms with Crippen molar-refractivity contribution in [3.63, 3.8) is 0 Å². The van der Waals surface area contributed by atoms with Gasteiger partial charge in [-0.15, -0.1) is 0 Å². The van der Waals surface area contributed by atoms with E-state index < -0.39 is 6.10 Å². The van der Waals surface area contributed by atoms with Crippen LogP contribution in [0, 0.1) is 5.92 Å². The highest BCUT2D eigenvalue weighted by molar-refractivity contribution is 6.30. The van der Waals surface area contributed by atoms with Gasteiger partial charge in [0.25, 0.3) is 0 Å². The Morgan fingerprint density at radius 3 is 3.04 bits per heavy atom. The standard InChI is InChI=1S/C17H25ClN2O3/c1-19-9-7-16(21)15(12-19)17(22)20(2)8-4-10-23-14-6-3-5-13(18)11-14/h3,5-6,11,15-16,21H,4,7-10,12H2,1-2H3/t15-,16+/m1/s1. The Morgan fingerprint density at radius 1 is 1.52 bits per heavy atom. The lowest BCUT2D eigenvalue weighted by atomic mass is 9.93. The Bertz CT molecular complexity index is 526. The van der Waals surface area contributed by atoms with E-state index in [4.69, 9.17) is 16.3 Å². The topological polar surface area (TPSA) is 53.0 Å². The molecule has 2 rings (SSSR count). The summed E-state index contributed by atoms with van der Waals surface area (Å²) in [7, 11) is 3.76. The van der Waals surface area contributed by atoms with E-state index in [9.17, 15) is 9.90 Å². The molecule has 128 valence electrons. The quantitative estimate of drug-likeness (QED) is 0.803. The normalized spacial score (nSPS) is 21.9. The zero-order chi connectivity index (χ0) is 16.8. The number of halogens is 1. The van der Waals surface area contributed by atoms with E-state index in [2.05, 4.69) is 4.90 Å². The van der Waals surface area contributed by atoms with Crippen molar-refractivity contribution in [2.45, 2.75) is 18.9 Å². The third-order valence-electron chi connectivity index (χ3n) is 4.18. The van der Waals surface area contributed by atoms with Crippen molar-refractivity contribution >= 4 is 17.5 Å². The third-order valence-corrected chi connectivity index (χ3v) is 4.41. The van der Waals surface area contributed by atoms with Gasteiger partial charge in [0.1, 0.15) is 5.75 Å². The second kappa shape index (κ2) is 8.52. The predicted molar refractivity (Wildman–Crippen MR) is 90.8 cm³/mol. The number of likely N-dealkylation sites (tertiary alicyclic amines) is 1. The molecule has 5 nitrogen and oxygen atoms in total. The van der Waals surface area contributed by atoms with Crippen molar-refractivity contribution in [2.24, 2.45) is 5.92 Å². The Labute approximate surface area is 142 Å². The van der Waals surface area contributed by atoms with Crippen LogP contribution >= 0.6 is 11.6 Å². The zero-order valence-electron chi connectivity index (χ0n) is 13.7. The van der Waals surface area contributed by atoms with Crippen molar-refractivity contribution in [2.75, 3.05) is 40.3 Å². The molecule has 1 aromatic rings. The monoisotopic (exact) mass is 340 g/mol. The molecule has 1 saturated heterocycles. The first kappa shape index (κ1) is 18.0. The van der Waals surface area contributed by atoms with E-state index in [0.29, 0.717) is 31.1 Å². The summed E-state index contributed by atoms with van der Waals surface area (Å²) in [5.41, 5.74) is 0. The highest BCUT2D eigenvalue weighted by Crippen LogP contribution is 2.19. The first-order valence-corrected chi connectivity index (χ1v) is 8.35. The van der Waals surface area contributed by atoms with Crippen LogP contribution in [0.1, 0.15) is 12.8 Å². The number of piperidine rings is 1. The largest absolute Gasteiger partial charge is 0.493 e. The third kappa shape index (κ3) is 5.37. The molecule has 1 fully saturated rings. The van der Waals surface area contributed by atoms with Crippen LogP contribution < -0.4 is 4.74 Å². The molecule has 2 atom stereocenters. The van der Waals surface area contributed by atoms with Gasteiger partial charge in [-0.3, -0.25) is 4.79 Å². The van der Waals surface area contributed by atoms with E-state index >= 15 is 0 Å². The molecule has 1 aromatic carbocycles. The maximum Gasteiger partial charge on any atom is 0.229 e. The lowest BCUT2D eigenvalue weighted by Gasteiger charge is -2.35. The smallest absolute Gasteiger partial charge is 0.229 e. The highest BCUT2D eigenvalue weighted by atomic mass is 35.5. The molecule has 1 aliphatic rings. The SMILES string of the molecule is CN1CC[C@H](O)[C@H](C(=O)N(C)CCCOc2cccc(Cl)c2)C1. The molecule has 1 N–H and O–H groups in total. The first-order valence-electron chi connectivity index (χ1n) is 7.97. The Balaban J connectivity index is 1.73. The number of hydrogen-bond acceptors (Lipinski definition) is 4. The van der Waals surface area contributed by atoms with Crippen molar-refractivity contribution in [1.29, 1.82) is 0 Å². The van der Waals surface area contributed by atoms with E-state index in [1.165, 1.54) is 0 Å². The van der Waals surface area contributed by atoms with Gasteiger partial charge in [-0.25, -0.2) is 0 Å². The number of amides is 1. The van der Waals surface area contributed by atoms with Gasteiger partial charge < -0.3 is 19.6 Å². The molecule has 23 heavy (non-hydrogen) atoms. The van der Waals surface area contributed by atoms with E-state index in [1.807, 2.05) is 19.2 Å². The number of carbonyl (C=O) groups excluding carboxylic acids is 1. The van der Waals surface area contributed by atoms with Gasteiger partial charge in [-0.05, 0) is 38.1 Å². The Kier molecular flexibility index (Phi) is 6.69. The lowest BCUT2D eigenvalue weighted by molar-refractivity contribution is -0.140. The molecule has 0 aromatic heterocycles. The molecule has 0 bridgehead atoms. The number of hydrogen-bond donors (Lipinski definition) is 1.